The van der Waals surface area contributed by atoms with Gasteiger partial charge >= 0.3 is 0 Å². The number of hydrogen-bond acceptors (Lipinski definition) is 6. The van der Waals surface area contributed by atoms with E-state index in [4.69, 9.17) is 14.0 Å². The van der Waals surface area contributed by atoms with Crippen LogP contribution in [0.25, 0.3) is 11.5 Å². The first-order valence-electron chi connectivity index (χ1n) is 8.66. The number of methoxy groups -OCH3 is 1. The van der Waals surface area contributed by atoms with Gasteiger partial charge in [-0.3, -0.25) is 0 Å². The van der Waals surface area contributed by atoms with Crippen molar-refractivity contribution in [2.24, 2.45) is 0 Å². The zero-order valence-electron chi connectivity index (χ0n) is 14.6. The molecule has 2 heterocycles. The van der Waals surface area contributed by atoms with Crippen LogP contribution in [-0.4, -0.2) is 28.3 Å². The van der Waals surface area contributed by atoms with Crippen LogP contribution in [0.2, 0.25) is 0 Å². The van der Waals surface area contributed by atoms with Crippen molar-refractivity contribution in [3.63, 3.8) is 0 Å². The van der Waals surface area contributed by atoms with Crippen LogP contribution in [0.5, 0.6) is 5.75 Å². The molecule has 3 rings (SSSR count). The maximum atomic E-state index is 5.84. The van der Waals surface area contributed by atoms with Gasteiger partial charge in [0.1, 0.15) is 11.4 Å². The molecule has 0 saturated heterocycles. The molecule has 2 aromatic rings. The van der Waals surface area contributed by atoms with E-state index in [2.05, 4.69) is 15.1 Å². The van der Waals surface area contributed by atoms with Gasteiger partial charge in [0.15, 0.2) is 5.69 Å². The lowest BCUT2D eigenvalue weighted by atomic mass is 9.94. The molecule has 6 nitrogen and oxygen atoms in total. The minimum atomic E-state index is -0.477. The molecule has 130 valence electrons. The second-order valence-electron chi connectivity index (χ2n) is 6.55. The molecule has 0 aliphatic heterocycles. The minimum Gasteiger partial charge on any atom is -0.489 e. The summed E-state index contributed by atoms with van der Waals surface area (Å²) in [5.74, 6) is 1.65. The summed E-state index contributed by atoms with van der Waals surface area (Å²) in [6.45, 7) is 3.95. The summed E-state index contributed by atoms with van der Waals surface area (Å²) in [5.41, 5.74) is 0.122. The summed E-state index contributed by atoms with van der Waals surface area (Å²) in [5, 5.41) is 4.14. The molecule has 1 fully saturated rings. The molecule has 1 saturated carbocycles. The van der Waals surface area contributed by atoms with Crippen molar-refractivity contribution in [3.8, 4) is 17.3 Å². The molecular formula is C18H25N3O3. The Hall–Kier alpha value is -1.95. The summed E-state index contributed by atoms with van der Waals surface area (Å²) in [6, 6.07) is 3.71. The Morgan fingerprint density at radius 3 is 2.58 bits per heavy atom. The molecular weight excluding hydrogens is 306 g/mol. The first-order chi connectivity index (χ1) is 11.6. The Morgan fingerprint density at radius 1 is 1.17 bits per heavy atom. The fourth-order valence-corrected chi connectivity index (χ4v) is 3.22. The van der Waals surface area contributed by atoms with E-state index in [0.717, 1.165) is 25.7 Å². The van der Waals surface area contributed by atoms with Gasteiger partial charge < -0.3 is 14.0 Å². The first-order valence-corrected chi connectivity index (χ1v) is 8.66. The van der Waals surface area contributed by atoms with Crippen LogP contribution in [0.4, 0.5) is 0 Å². The molecule has 6 heteroatoms. The second-order valence-corrected chi connectivity index (χ2v) is 6.55. The van der Waals surface area contributed by atoms with Gasteiger partial charge in [-0.15, -0.1) is 0 Å². The highest BCUT2D eigenvalue weighted by atomic mass is 16.5. The number of nitrogens with zero attached hydrogens (tertiary/aromatic N) is 3. The lowest BCUT2D eigenvalue weighted by Gasteiger charge is -2.26. The number of aromatic nitrogens is 3. The first kappa shape index (κ1) is 16.9. The highest BCUT2D eigenvalue weighted by Gasteiger charge is 2.38. The smallest absolute Gasteiger partial charge is 0.259 e. The largest absolute Gasteiger partial charge is 0.489 e. The van der Waals surface area contributed by atoms with E-state index in [0.29, 0.717) is 23.2 Å². The summed E-state index contributed by atoms with van der Waals surface area (Å²) < 4.78 is 17.2. The van der Waals surface area contributed by atoms with Crippen molar-refractivity contribution >= 4 is 0 Å². The van der Waals surface area contributed by atoms with Crippen LogP contribution in [0.3, 0.4) is 0 Å². The summed E-state index contributed by atoms with van der Waals surface area (Å²) in [7, 11) is 1.73. The molecule has 0 N–H and O–H groups in total. The predicted octanol–water partition coefficient (Wildman–Crippen LogP) is 4.11. The van der Waals surface area contributed by atoms with Gasteiger partial charge in [-0.1, -0.05) is 30.8 Å². The lowest BCUT2D eigenvalue weighted by Crippen LogP contribution is -2.28. The average molecular weight is 331 g/mol. The fourth-order valence-electron chi connectivity index (χ4n) is 3.22. The molecule has 0 aromatic carbocycles. The molecule has 0 amide bonds. The van der Waals surface area contributed by atoms with Crippen molar-refractivity contribution in [1.82, 2.24) is 15.1 Å². The van der Waals surface area contributed by atoms with Crippen molar-refractivity contribution in [3.05, 3.63) is 24.2 Å². The van der Waals surface area contributed by atoms with Crippen LogP contribution in [0.1, 0.15) is 58.3 Å². The van der Waals surface area contributed by atoms with E-state index in [1.807, 2.05) is 26.0 Å². The van der Waals surface area contributed by atoms with E-state index in [-0.39, 0.29) is 6.10 Å². The van der Waals surface area contributed by atoms with Crippen LogP contribution in [-0.2, 0) is 10.3 Å². The Bertz CT molecular complexity index is 661. The van der Waals surface area contributed by atoms with Gasteiger partial charge in [-0.05, 0) is 38.8 Å². The molecule has 1 aliphatic carbocycles. The Balaban J connectivity index is 1.93. The van der Waals surface area contributed by atoms with Crippen molar-refractivity contribution in [2.75, 3.05) is 7.11 Å². The molecule has 24 heavy (non-hydrogen) atoms. The van der Waals surface area contributed by atoms with Gasteiger partial charge in [0.05, 0.1) is 6.10 Å². The predicted molar refractivity (Wildman–Crippen MR) is 89.7 cm³/mol. The van der Waals surface area contributed by atoms with Crippen LogP contribution in [0, 0.1) is 0 Å². The molecule has 0 bridgehead atoms. The van der Waals surface area contributed by atoms with E-state index >= 15 is 0 Å². The van der Waals surface area contributed by atoms with Crippen LogP contribution in [0.15, 0.2) is 22.9 Å². The van der Waals surface area contributed by atoms with E-state index in [1.165, 1.54) is 12.8 Å². The average Bonchev–Trinajstić information content (AvgIpc) is 2.94. The molecule has 0 atom stereocenters. The molecule has 0 unspecified atom stereocenters. The van der Waals surface area contributed by atoms with Gasteiger partial charge in [0, 0.05) is 13.3 Å². The second kappa shape index (κ2) is 7.30. The van der Waals surface area contributed by atoms with Gasteiger partial charge in [-0.2, -0.15) is 4.98 Å². The Kier molecular flexibility index (Phi) is 5.14. The number of ether oxygens (including phenoxy) is 2. The van der Waals surface area contributed by atoms with E-state index in [1.54, 1.807) is 13.3 Å². The number of hydrogen-bond donors (Lipinski definition) is 0. The third-order valence-corrected chi connectivity index (χ3v) is 4.46. The summed E-state index contributed by atoms with van der Waals surface area (Å²) >= 11 is 0. The van der Waals surface area contributed by atoms with Crippen LogP contribution >= 0.6 is 0 Å². The quantitative estimate of drug-likeness (QED) is 0.768. The number of pyridine rings is 1. The van der Waals surface area contributed by atoms with Gasteiger partial charge in [0.25, 0.3) is 5.89 Å². The fraction of sp³-hybridized carbons (Fsp3) is 0.611. The third kappa shape index (κ3) is 3.43. The van der Waals surface area contributed by atoms with E-state index < -0.39 is 5.60 Å². The van der Waals surface area contributed by atoms with E-state index in [9.17, 15) is 0 Å². The molecule has 1 aliphatic rings. The maximum absolute atomic E-state index is 5.84. The monoisotopic (exact) mass is 331 g/mol. The maximum Gasteiger partial charge on any atom is 0.259 e. The highest BCUT2D eigenvalue weighted by molar-refractivity contribution is 5.58. The highest BCUT2D eigenvalue weighted by Crippen LogP contribution is 2.39. The summed E-state index contributed by atoms with van der Waals surface area (Å²) in [6.07, 6.45) is 8.22. The normalized spacial score (nSPS) is 17.7. The standard InChI is InChI=1S/C18H25N3O3/c1-13(2)23-14-9-8-12-19-15(14)16-20-17(24-21-16)18(22-3)10-6-4-5-7-11-18/h8-9,12-13H,4-7,10-11H2,1-3H3. The van der Waals surface area contributed by atoms with Crippen molar-refractivity contribution in [2.45, 2.75) is 64.1 Å². The summed E-state index contributed by atoms with van der Waals surface area (Å²) in [4.78, 5) is 8.99. The molecule has 2 aromatic heterocycles. The Morgan fingerprint density at radius 2 is 1.92 bits per heavy atom. The topological polar surface area (TPSA) is 70.3 Å². The molecule has 0 spiro atoms. The SMILES string of the molecule is COC1(c2nc(-c3ncccc3OC(C)C)no2)CCCCCC1. The Labute approximate surface area is 142 Å². The number of rotatable bonds is 5. The lowest BCUT2D eigenvalue weighted by molar-refractivity contribution is -0.0520. The van der Waals surface area contributed by atoms with Gasteiger partial charge in [-0.25, -0.2) is 4.98 Å². The zero-order valence-corrected chi connectivity index (χ0v) is 14.6. The van der Waals surface area contributed by atoms with Crippen molar-refractivity contribution < 1.29 is 14.0 Å². The molecule has 0 radical (unpaired) electrons. The van der Waals surface area contributed by atoms with Gasteiger partial charge in [0.2, 0.25) is 5.82 Å². The van der Waals surface area contributed by atoms with Crippen molar-refractivity contribution in [1.29, 1.82) is 0 Å². The van der Waals surface area contributed by atoms with Crippen LogP contribution < -0.4 is 4.74 Å². The minimum absolute atomic E-state index is 0.0477. The zero-order chi connectivity index (χ0) is 17.0. The third-order valence-electron chi connectivity index (χ3n) is 4.46.